The van der Waals surface area contributed by atoms with Gasteiger partial charge in [0.25, 0.3) is 5.91 Å². The second-order valence-electron chi connectivity index (χ2n) is 5.94. The fraction of sp³-hybridized carbons (Fsp3) is 0.211. The smallest absolute Gasteiger partial charge is 0.332 e. The minimum atomic E-state index is -0.749. The van der Waals surface area contributed by atoms with Crippen molar-refractivity contribution in [3.05, 3.63) is 60.2 Å². The van der Waals surface area contributed by atoms with Crippen LogP contribution in [-0.4, -0.2) is 24.2 Å². The third-order valence-corrected chi connectivity index (χ3v) is 3.68. The second-order valence-corrected chi connectivity index (χ2v) is 5.94. The Morgan fingerprint density at radius 1 is 1.00 bits per heavy atom. The predicted molar refractivity (Wildman–Crippen MR) is 99.2 cm³/mol. The van der Waals surface area contributed by atoms with Crippen molar-refractivity contribution in [1.29, 1.82) is 0 Å². The summed E-state index contributed by atoms with van der Waals surface area (Å²) < 4.78 is 0. The van der Waals surface area contributed by atoms with Gasteiger partial charge in [-0.15, -0.1) is 0 Å². The molecule has 4 N–H and O–H groups in total. The number of hydrogen-bond acceptors (Lipinski definition) is 3. The second kappa shape index (κ2) is 8.63. The lowest BCUT2D eigenvalue weighted by Gasteiger charge is -2.18. The molecule has 0 radical (unpaired) electrons. The third-order valence-electron chi connectivity index (χ3n) is 3.68. The predicted octanol–water partition coefficient (Wildman–Crippen LogP) is 2.76. The minimum Gasteiger partial charge on any atom is -0.350 e. The topological polar surface area (TPSA) is 96.6 Å². The standard InChI is InChI=1S/C19H22N4O2/c1-13(2)17(12-21-23-19(20)25)22-18(24)16-10-8-15(9-11-16)14-6-4-3-5-7-14/h3-13,17H,1-2H3,(H,22,24)(H3,20,23,25)/t17-/m1/s1. The van der Waals surface area contributed by atoms with Gasteiger partial charge in [-0.05, 0) is 29.2 Å². The molecular weight excluding hydrogens is 316 g/mol. The first kappa shape index (κ1) is 18.2. The number of hydrogen-bond donors (Lipinski definition) is 3. The molecule has 0 aromatic heterocycles. The van der Waals surface area contributed by atoms with Crippen LogP contribution in [0.4, 0.5) is 4.79 Å². The van der Waals surface area contributed by atoms with Crippen molar-refractivity contribution in [1.82, 2.24) is 10.7 Å². The molecule has 6 nitrogen and oxygen atoms in total. The Bertz CT molecular complexity index is 740. The van der Waals surface area contributed by atoms with Crippen molar-refractivity contribution in [2.75, 3.05) is 0 Å². The van der Waals surface area contributed by atoms with Gasteiger partial charge < -0.3 is 11.1 Å². The Balaban J connectivity index is 2.06. The molecule has 130 valence electrons. The van der Waals surface area contributed by atoms with Gasteiger partial charge in [-0.1, -0.05) is 56.3 Å². The van der Waals surface area contributed by atoms with Crippen LogP contribution in [0.5, 0.6) is 0 Å². The highest BCUT2D eigenvalue weighted by atomic mass is 16.2. The third kappa shape index (κ3) is 5.46. The summed E-state index contributed by atoms with van der Waals surface area (Å²) >= 11 is 0. The lowest BCUT2D eigenvalue weighted by atomic mass is 10.0. The highest BCUT2D eigenvalue weighted by Gasteiger charge is 2.15. The van der Waals surface area contributed by atoms with E-state index in [-0.39, 0.29) is 17.9 Å². The lowest BCUT2D eigenvalue weighted by Crippen LogP contribution is -2.40. The normalized spacial score (nSPS) is 12.1. The molecule has 2 aromatic carbocycles. The zero-order valence-electron chi connectivity index (χ0n) is 14.3. The monoisotopic (exact) mass is 338 g/mol. The van der Waals surface area contributed by atoms with E-state index in [1.54, 1.807) is 12.1 Å². The molecule has 6 heteroatoms. The summed E-state index contributed by atoms with van der Waals surface area (Å²) in [7, 11) is 0. The summed E-state index contributed by atoms with van der Waals surface area (Å²) in [5.41, 5.74) is 9.78. The minimum absolute atomic E-state index is 0.103. The quantitative estimate of drug-likeness (QED) is 0.558. The van der Waals surface area contributed by atoms with Crippen LogP contribution in [-0.2, 0) is 0 Å². The zero-order valence-corrected chi connectivity index (χ0v) is 14.3. The Morgan fingerprint density at radius 2 is 1.60 bits per heavy atom. The van der Waals surface area contributed by atoms with E-state index in [9.17, 15) is 9.59 Å². The average Bonchev–Trinajstić information content (AvgIpc) is 2.61. The van der Waals surface area contributed by atoms with Crippen LogP contribution in [0.2, 0.25) is 0 Å². The molecule has 2 aromatic rings. The molecule has 0 aliphatic rings. The summed E-state index contributed by atoms with van der Waals surface area (Å²) in [6.07, 6.45) is 1.46. The Morgan fingerprint density at radius 3 is 2.16 bits per heavy atom. The first-order valence-corrected chi connectivity index (χ1v) is 8.02. The van der Waals surface area contributed by atoms with Gasteiger partial charge in [0.2, 0.25) is 0 Å². The van der Waals surface area contributed by atoms with Gasteiger partial charge in [0.15, 0.2) is 0 Å². The van der Waals surface area contributed by atoms with E-state index in [2.05, 4.69) is 15.8 Å². The van der Waals surface area contributed by atoms with Gasteiger partial charge in [0.1, 0.15) is 0 Å². The molecule has 0 heterocycles. The molecule has 2 rings (SSSR count). The highest BCUT2D eigenvalue weighted by Crippen LogP contribution is 2.19. The van der Waals surface area contributed by atoms with Crippen molar-refractivity contribution in [3.63, 3.8) is 0 Å². The van der Waals surface area contributed by atoms with Crippen molar-refractivity contribution in [2.45, 2.75) is 19.9 Å². The largest absolute Gasteiger partial charge is 0.350 e. The molecule has 0 aliphatic carbocycles. The van der Waals surface area contributed by atoms with E-state index < -0.39 is 6.03 Å². The first-order chi connectivity index (χ1) is 12.0. The maximum Gasteiger partial charge on any atom is 0.332 e. The Hall–Kier alpha value is -3.15. The van der Waals surface area contributed by atoms with E-state index >= 15 is 0 Å². The number of carbonyl (C=O) groups is 2. The number of hydrazone groups is 1. The van der Waals surface area contributed by atoms with Crippen LogP contribution < -0.4 is 16.5 Å². The lowest BCUT2D eigenvalue weighted by molar-refractivity contribution is 0.0940. The van der Waals surface area contributed by atoms with Crippen LogP contribution in [0.15, 0.2) is 59.7 Å². The van der Waals surface area contributed by atoms with Crippen molar-refractivity contribution < 1.29 is 9.59 Å². The molecule has 0 saturated carbocycles. The number of nitrogens with one attached hydrogen (secondary N) is 2. The van der Waals surface area contributed by atoms with E-state index in [4.69, 9.17) is 5.73 Å². The molecule has 0 fully saturated rings. The van der Waals surface area contributed by atoms with Gasteiger partial charge in [-0.3, -0.25) is 4.79 Å². The number of urea groups is 1. The van der Waals surface area contributed by atoms with Crippen LogP contribution in [0.1, 0.15) is 24.2 Å². The molecule has 0 aliphatic heterocycles. The number of nitrogens with two attached hydrogens (primary N) is 1. The Labute approximate surface area is 147 Å². The van der Waals surface area contributed by atoms with Gasteiger partial charge in [-0.2, -0.15) is 5.10 Å². The fourth-order valence-electron chi connectivity index (χ4n) is 2.24. The van der Waals surface area contributed by atoms with Gasteiger partial charge in [-0.25, -0.2) is 10.2 Å². The van der Waals surface area contributed by atoms with Crippen molar-refractivity contribution in [2.24, 2.45) is 16.8 Å². The molecule has 0 unspecified atom stereocenters. The van der Waals surface area contributed by atoms with Gasteiger partial charge >= 0.3 is 6.03 Å². The molecule has 25 heavy (non-hydrogen) atoms. The van der Waals surface area contributed by atoms with E-state index in [0.717, 1.165) is 11.1 Å². The maximum atomic E-state index is 12.4. The van der Waals surface area contributed by atoms with E-state index in [1.165, 1.54) is 6.21 Å². The Kier molecular flexibility index (Phi) is 6.28. The summed E-state index contributed by atoms with van der Waals surface area (Å²) in [6, 6.07) is 16.3. The maximum absolute atomic E-state index is 12.4. The SMILES string of the molecule is CC(C)[C@@H](C=NNC(N)=O)NC(=O)c1ccc(-c2ccccc2)cc1. The summed E-state index contributed by atoms with van der Waals surface area (Å²) in [4.78, 5) is 23.1. The number of benzene rings is 2. The molecule has 0 saturated heterocycles. The number of amides is 3. The fourth-order valence-corrected chi connectivity index (χ4v) is 2.24. The molecule has 3 amide bonds. The van der Waals surface area contributed by atoms with Crippen LogP contribution in [0.25, 0.3) is 11.1 Å². The van der Waals surface area contributed by atoms with Crippen molar-refractivity contribution in [3.8, 4) is 11.1 Å². The first-order valence-electron chi connectivity index (χ1n) is 8.02. The van der Waals surface area contributed by atoms with E-state index in [1.807, 2.05) is 56.3 Å². The number of carbonyl (C=O) groups excluding carboxylic acids is 2. The molecule has 1 atom stereocenters. The number of rotatable bonds is 6. The van der Waals surface area contributed by atoms with Gasteiger partial charge in [0.05, 0.1) is 6.04 Å². The number of primary amides is 1. The van der Waals surface area contributed by atoms with Crippen molar-refractivity contribution >= 4 is 18.2 Å². The number of nitrogens with zero attached hydrogens (tertiary/aromatic N) is 1. The van der Waals surface area contributed by atoms with Crippen LogP contribution in [0.3, 0.4) is 0 Å². The zero-order chi connectivity index (χ0) is 18.2. The molecule has 0 spiro atoms. The van der Waals surface area contributed by atoms with Crippen LogP contribution in [0, 0.1) is 5.92 Å². The van der Waals surface area contributed by atoms with Gasteiger partial charge in [0, 0.05) is 11.8 Å². The summed E-state index contributed by atoms with van der Waals surface area (Å²) in [5, 5.41) is 6.61. The molecule has 0 bridgehead atoms. The summed E-state index contributed by atoms with van der Waals surface area (Å²) in [6.45, 7) is 3.89. The summed E-state index contributed by atoms with van der Waals surface area (Å²) in [5.74, 6) is -0.102. The molecular formula is C19H22N4O2. The highest BCUT2D eigenvalue weighted by molar-refractivity contribution is 5.96. The van der Waals surface area contributed by atoms with Crippen LogP contribution >= 0.6 is 0 Å². The average molecular weight is 338 g/mol. The van der Waals surface area contributed by atoms with E-state index in [0.29, 0.717) is 5.56 Å².